The van der Waals surface area contributed by atoms with Gasteiger partial charge in [0.1, 0.15) is 0 Å². The van der Waals surface area contributed by atoms with E-state index < -0.39 is 0 Å². The van der Waals surface area contributed by atoms with Gasteiger partial charge in [-0.3, -0.25) is 4.99 Å². The highest BCUT2D eigenvalue weighted by atomic mass is 127. The smallest absolute Gasteiger partial charge is 0.193 e. The summed E-state index contributed by atoms with van der Waals surface area (Å²) in [5, 5.41) is 3.55. The van der Waals surface area contributed by atoms with Crippen molar-refractivity contribution in [2.45, 2.75) is 32.1 Å². The van der Waals surface area contributed by atoms with E-state index >= 15 is 0 Å². The van der Waals surface area contributed by atoms with E-state index in [1.807, 2.05) is 7.05 Å². The van der Waals surface area contributed by atoms with Crippen LogP contribution in [0, 0.1) is 11.8 Å². The second-order valence-electron chi connectivity index (χ2n) is 6.60. The molecule has 1 aliphatic carbocycles. The van der Waals surface area contributed by atoms with Crippen LogP contribution in [0.15, 0.2) is 35.3 Å². The minimum Gasteiger partial charge on any atom is -0.356 e. The first kappa shape index (κ1) is 17.6. The zero-order valence-corrected chi connectivity index (χ0v) is 16.0. The van der Waals surface area contributed by atoms with Crippen molar-refractivity contribution in [1.82, 2.24) is 10.2 Å². The molecule has 2 aliphatic rings. The molecule has 4 heteroatoms. The van der Waals surface area contributed by atoms with E-state index in [0.29, 0.717) is 11.8 Å². The molecule has 1 saturated carbocycles. The SMILES string of the molecule is CN=C(NCC1CC1)N1CCC(c2ccccc2)C(C)C1.I. The minimum atomic E-state index is 0. The molecular weight excluding hydrogens is 385 g/mol. The lowest BCUT2D eigenvalue weighted by atomic mass is 9.82. The van der Waals surface area contributed by atoms with E-state index in [1.54, 1.807) is 0 Å². The van der Waals surface area contributed by atoms with Crippen LogP contribution in [0.25, 0.3) is 0 Å². The number of nitrogens with one attached hydrogen (secondary N) is 1. The Kier molecular flexibility index (Phi) is 6.53. The maximum absolute atomic E-state index is 4.48. The van der Waals surface area contributed by atoms with Crippen molar-refractivity contribution >= 4 is 29.9 Å². The third kappa shape index (κ3) is 4.37. The van der Waals surface area contributed by atoms with Gasteiger partial charge < -0.3 is 10.2 Å². The summed E-state index contributed by atoms with van der Waals surface area (Å²) in [6.07, 6.45) is 3.99. The Morgan fingerprint density at radius 1 is 1.23 bits per heavy atom. The van der Waals surface area contributed by atoms with Gasteiger partial charge in [0.15, 0.2) is 5.96 Å². The van der Waals surface area contributed by atoms with Gasteiger partial charge in [0.25, 0.3) is 0 Å². The largest absolute Gasteiger partial charge is 0.356 e. The quantitative estimate of drug-likeness (QED) is 0.465. The normalized spacial score (nSPS) is 25.5. The molecule has 22 heavy (non-hydrogen) atoms. The predicted octanol–water partition coefficient (Wildman–Crippen LogP) is 3.72. The first-order valence-corrected chi connectivity index (χ1v) is 8.28. The molecule has 1 aliphatic heterocycles. The third-order valence-electron chi connectivity index (χ3n) is 4.89. The van der Waals surface area contributed by atoms with Gasteiger partial charge in [0.2, 0.25) is 0 Å². The summed E-state index contributed by atoms with van der Waals surface area (Å²) in [5.74, 6) is 3.34. The lowest BCUT2D eigenvalue weighted by Gasteiger charge is -2.39. The first-order valence-electron chi connectivity index (χ1n) is 8.28. The van der Waals surface area contributed by atoms with Crippen LogP contribution in [0.3, 0.4) is 0 Å². The summed E-state index contributed by atoms with van der Waals surface area (Å²) in [6.45, 7) is 5.68. The molecule has 0 spiro atoms. The van der Waals surface area contributed by atoms with Crippen molar-refractivity contribution in [3.05, 3.63) is 35.9 Å². The minimum absolute atomic E-state index is 0. The molecule has 122 valence electrons. The van der Waals surface area contributed by atoms with Gasteiger partial charge in [-0.25, -0.2) is 0 Å². The highest BCUT2D eigenvalue weighted by Crippen LogP contribution is 2.32. The number of hydrogen-bond acceptors (Lipinski definition) is 1. The van der Waals surface area contributed by atoms with Crippen molar-refractivity contribution in [1.29, 1.82) is 0 Å². The van der Waals surface area contributed by atoms with Crippen LogP contribution >= 0.6 is 24.0 Å². The Hall–Kier alpha value is -0.780. The van der Waals surface area contributed by atoms with E-state index in [1.165, 1.54) is 24.8 Å². The number of nitrogens with zero attached hydrogens (tertiary/aromatic N) is 2. The number of hydrogen-bond donors (Lipinski definition) is 1. The van der Waals surface area contributed by atoms with Gasteiger partial charge in [-0.15, -0.1) is 24.0 Å². The molecule has 1 aromatic rings. The number of aliphatic imine (C=N–C) groups is 1. The summed E-state index contributed by atoms with van der Waals surface area (Å²) >= 11 is 0. The first-order chi connectivity index (χ1) is 10.3. The number of piperidine rings is 1. The molecule has 0 radical (unpaired) electrons. The van der Waals surface area contributed by atoms with Crippen LogP contribution < -0.4 is 5.32 Å². The average molecular weight is 413 g/mol. The monoisotopic (exact) mass is 413 g/mol. The Morgan fingerprint density at radius 3 is 2.55 bits per heavy atom. The van der Waals surface area contributed by atoms with Crippen molar-refractivity contribution in [3.8, 4) is 0 Å². The van der Waals surface area contributed by atoms with E-state index in [-0.39, 0.29) is 24.0 Å². The number of halogens is 1. The lowest BCUT2D eigenvalue weighted by molar-refractivity contribution is 0.234. The zero-order valence-electron chi connectivity index (χ0n) is 13.7. The summed E-state index contributed by atoms with van der Waals surface area (Å²) in [5.41, 5.74) is 1.49. The van der Waals surface area contributed by atoms with Gasteiger partial charge >= 0.3 is 0 Å². The molecular formula is C18H28IN3. The molecule has 0 amide bonds. The van der Waals surface area contributed by atoms with Crippen LogP contribution in [0.5, 0.6) is 0 Å². The van der Waals surface area contributed by atoms with Crippen molar-refractivity contribution in [2.75, 3.05) is 26.7 Å². The fourth-order valence-electron chi connectivity index (χ4n) is 3.42. The molecule has 2 unspecified atom stereocenters. The molecule has 1 heterocycles. The summed E-state index contributed by atoms with van der Waals surface area (Å²) in [6, 6.07) is 11.0. The van der Waals surface area contributed by atoms with Gasteiger partial charge in [-0.05, 0) is 42.6 Å². The highest BCUT2D eigenvalue weighted by Gasteiger charge is 2.29. The van der Waals surface area contributed by atoms with Crippen LogP contribution in [0.4, 0.5) is 0 Å². The molecule has 3 nitrogen and oxygen atoms in total. The van der Waals surface area contributed by atoms with Crippen LogP contribution in [0.2, 0.25) is 0 Å². The fourth-order valence-corrected chi connectivity index (χ4v) is 3.42. The molecule has 2 atom stereocenters. The summed E-state index contributed by atoms with van der Waals surface area (Å²) in [7, 11) is 1.91. The topological polar surface area (TPSA) is 27.6 Å². The Balaban J connectivity index is 0.00000176. The Bertz CT molecular complexity index is 484. The molecule has 1 N–H and O–H groups in total. The Morgan fingerprint density at radius 2 is 1.95 bits per heavy atom. The van der Waals surface area contributed by atoms with Crippen LogP contribution in [-0.4, -0.2) is 37.5 Å². The van der Waals surface area contributed by atoms with Gasteiger partial charge in [-0.1, -0.05) is 37.3 Å². The number of guanidine groups is 1. The second-order valence-corrected chi connectivity index (χ2v) is 6.60. The zero-order chi connectivity index (χ0) is 14.7. The van der Waals surface area contributed by atoms with Gasteiger partial charge in [-0.2, -0.15) is 0 Å². The van der Waals surface area contributed by atoms with Crippen molar-refractivity contribution in [3.63, 3.8) is 0 Å². The summed E-state index contributed by atoms with van der Waals surface area (Å²) < 4.78 is 0. The van der Waals surface area contributed by atoms with E-state index in [4.69, 9.17) is 0 Å². The van der Waals surface area contributed by atoms with E-state index in [0.717, 1.165) is 31.5 Å². The third-order valence-corrected chi connectivity index (χ3v) is 4.89. The van der Waals surface area contributed by atoms with Crippen molar-refractivity contribution < 1.29 is 0 Å². The number of rotatable bonds is 3. The highest BCUT2D eigenvalue weighted by molar-refractivity contribution is 14.0. The van der Waals surface area contributed by atoms with Crippen molar-refractivity contribution in [2.24, 2.45) is 16.8 Å². The fraction of sp³-hybridized carbons (Fsp3) is 0.611. The number of likely N-dealkylation sites (tertiary alicyclic amines) is 1. The molecule has 1 aromatic carbocycles. The maximum Gasteiger partial charge on any atom is 0.193 e. The number of benzene rings is 1. The second kappa shape index (κ2) is 8.18. The van der Waals surface area contributed by atoms with E-state index in [2.05, 4.69) is 52.5 Å². The Labute approximate surface area is 151 Å². The molecule has 2 fully saturated rings. The maximum atomic E-state index is 4.48. The van der Waals surface area contributed by atoms with Crippen LogP contribution in [-0.2, 0) is 0 Å². The average Bonchev–Trinajstić information content (AvgIpc) is 3.33. The molecule has 1 saturated heterocycles. The van der Waals surface area contributed by atoms with E-state index in [9.17, 15) is 0 Å². The van der Waals surface area contributed by atoms with Crippen LogP contribution in [0.1, 0.15) is 37.7 Å². The standard InChI is InChI=1S/C18H27N3.HI/c1-14-13-21(18(19-2)20-12-15-8-9-15)11-10-17(14)16-6-4-3-5-7-16;/h3-7,14-15,17H,8-13H2,1-2H3,(H,19,20);1H. The molecule has 0 aromatic heterocycles. The van der Waals surface area contributed by atoms with Gasteiger partial charge in [0.05, 0.1) is 0 Å². The predicted molar refractivity (Wildman–Crippen MR) is 104 cm³/mol. The van der Waals surface area contributed by atoms with Gasteiger partial charge in [0, 0.05) is 26.7 Å². The molecule has 3 rings (SSSR count). The summed E-state index contributed by atoms with van der Waals surface area (Å²) in [4.78, 5) is 6.91. The molecule has 0 bridgehead atoms. The lowest BCUT2D eigenvalue weighted by Crippen LogP contribution is -2.48.